The van der Waals surface area contributed by atoms with Crippen LogP contribution in [0.4, 0.5) is 0 Å². The average Bonchev–Trinajstić information content (AvgIpc) is 2.34. The standard InChI is InChI=1S/C17H35O.Na/c1-3-4-5-6-7-8-9-10-11-12-13-14-15-16-17(2)18;/h17-18H,2-16H2,1H3;/q-1;+1. The first-order valence-corrected chi connectivity index (χ1v) is 8.28. The Morgan fingerprint density at radius 3 is 1.32 bits per heavy atom. The minimum atomic E-state index is -0.349. The quantitative estimate of drug-likeness (QED) is 0.294. The normalized spacial score (nSPS) is 12.2. The van der Waals surface area contributed by atoms with Crippen LogP contribution in [0.1, 0.15) is 96.8 Å². The Kier molecular flexibility index (Phi) is 22.2. The largest absolute Gasteiger partial charge is 1.00 e. The summed E-state index contributed by atoms with van der Waals surface area (Å²) in [4.78, 5) is 0. The van der Waals surface area contributed by atoms with E-state index in [0.717, 1.165) is 12.8 Å². The number of unbranched alkanes of at least 4 members (excludes halogenated alkanes) is 12. The molecule has 0 aromatic carbocycles. The first-order chi connectivity index (χ1) is 8.77. The molecule has 0 heterocycles. The van der Waals surface area contributed by atoms with Gasteiger partial charge in [0.05, 0.1) is 0 Å². The van der Waals surface area contributed by atoms with Crippen molar-refractivity contribution in [3.05, 3.63) is 6.92 Å². The summed E-state index contributed by atoms with van der Waals surface area (Å²) in [6, 6.07) is 0. The minimum Gasteiger partial charge on any atom is -0.425 e. The van der Waals surface area contributed by atoms with Crippen LogP contribution in [0, 0.1) is 6.92 Å². The smallest absolute Gasteiger partial charge is 0.425 e. The maximum Gasteiger partial charge on any atom is 1.00 e. The summed E-state index contributed by atoms with van der Waals surface area (Å²) in [7, 11) is 0. The van der Waals surface area contributed by atoms with E-state index in [1.807, 2.05) is 0 Å². The van der Waals surface area contributed by atoms with Crippen molar-refractivity contribution in [3.63, 3.8) is 0 Å². The van der Waals surface area contributed by atoms with Crippen LogP contribution in [-0.4, -0.2) is 11.2 Å². The Bertz CT molecular complexity index is 148. The van der Waals surface area contributed by atoms with Gasteiger partial charge in [-0.3, -0.25) is 0 Å². The van der Waals surface area contributed by atoms with Crippen LogP contribution < -0.4 is 29.6 Å². The fraction of sp³-hybridized carbons (Fsp3) is 0.941. The van der Waals surface area contributed by atoms with Gasteiger partial charge in [-0.05, 0) is 0 Å². The van der Waals surface area contributed by atoms with Gasteiger partial charge in [0.25, 0.3) is 0 Å². The Balaban J connectivity index is 0. The molecule has 1 atom stereocenters. The second-order valence-corrected chi connectivity index (χ2v) is 5.69. The molecule has 110 valence electrons. The molecule has 19 heavy (non-hydrogen) atoms. The van der Waals surface area contributed by atoms with Crippen molar-refractivity contribution in [3.8, 4) is 0 Å². The molecule has 0 aliphatic heterocycles. The van der Waals surface area contributed by atoms with Crippen LogP contribution in [0.25, 0.3) is 0 Å². The van der Waals surface area contributed by atoms with Gasteiger partial charge >= 0.3 is 29.6 Å². The van der Waals surface area contributed by atoms with Crippen molar-refractivity contribution >= 4 is 0 Å². The molecule has 0 amide bonds. The van der Waals surface area contributed by atoms with Gasteiger partial charge in [-0.25, -0.2) is 0 Å². The first-order valence-electron chi connectivity index (χ1n) is 8.28. The van der Waals surface area contributed by atoms with E-state index in [1.54, 1.807) is 0 Å². The molecule has 1 N–H and O–H groups in total. The fourth-order valence-electron chi connectivity index (χ4n) is 2.40. The van der Waals surface area contributed by atoms with Gasteiger partial charge in [0, 0.05) is 0 Å². The summed E-state index contributed by atoms with van der Waals surface area (Å²) in [5, 5.41) is 9.02. The van der Waals surface area contributed by atoms with Crippen LogP contribution in [-0.2, 0) is 0 Å². The molecule has 0 saturated carbocycles. The molecule has 0 spiro atoms. The molecular weight excluding hydrogens is 243 g/mol. The Morgan fingerprint density at radius 1 is 0.684 bits per heavy atom. The second kappa shape index (κ2) is 19.0. The van der Waals surface area contributed by atoms with Crippen molar-refractivity contribution < 1.29 is 34.7 Å². The molecule has 0 aromatic heterocycles. The van der Waals surface area contributed by atoms with Crippen molar-refractivity contribution in [2.45, 2.75) is 103 Å². The van der Waals surface area contributed by atoms with Gasteiger partial charge in [-0.1, -0.05) is 103 Å². The molecule has 0 rings (SSSR count). The molecule has 2 heteroatoms. The summed E-state index contributed by atoms with van der Waals surface area (Å²) >= 11 is 0. The van der Waals surface area contributed by atoms with Gasteiger partial charge in [-0.15, -0.1) is 0 Å². The van der Waals surface area contributed by atoms with Gasteiger partial charge in [0.2, 0.25) is 0 Å². The van der Waals surface area contributed by atoms with E-state index in [9.17, 15) is 0 Å². The summed E-state index contributed by atoms with van der Waals surface area (Å²) in [5.74, 6) is 0. The van der Waals surface area contributed by atoms with Crippen molar-refractivity contribution in [2.24, 2.45) is 0 Å². The van der Waals surface area contributed by atoms with E-state index in [2.05, 4.69) is 13.8 Å². The average molecular weight is 278 g/mol. The van der Waals surface area contributed by atoms with Crippen LogP contribution in [0.15, 0.2) is 0 Å². The number of aliphatic hydroxyl groups is 1. The Morgan fingerprint density at radius 2 is 1.00 bits per heavy atom. The molecule has 0 aliphatic carbocycles. The number of rotatable bonds is 14. The molecule has 1 nitrogen and oxygen atoms in total. The first kappa shape index (κ1) is 22.2. The molecule has 0 saturated heterocycles. The van der Waals surface area contributed by atoms with Gasteiger partial charge < -0.3 is 12.0 Å². The predicted molar refractivity (Wildman–Crippen MR) is 81.7 cm³/mol. The molecule has 0 aliphatic rings. The third-order valence-electron chi connectivity index (χ3n) is 3.64. The minimum absolute atomic E-state index is 0. The monoisotopic (exact) mass is 278 g/mol. The molecule has 0 radical (unpaired) electrons. The van der Waals surface area contributed by atoms with Crippen LogP contribution in [0.5, 0.6) is 0 Å². The summed E-state index contributed by atoms with van der Waals surface area (Å²) < 4.78 is 0. The van der Waals surface area contributed by atoms with Gasteiger partial charge in [0.15, 0.2) is 0 Å². The molecule has 0 aromatic rings. The third kappa shape index (κ3) is 21.4. The van der Waals surface area contributed by atoms with E-state index in [4.69, 9.17) is 5.11 Å². The van der Waals surface area contributed by atoms with Gasteiger partial charge in [-0.2, -0.15) is 0 Å². The Hall–Kier alpha value is 0.960. The van der Waals surface area contributed by atoms with E-state index >= 15 is 0 Å². The van der Waals surface area contributed by atoms with Crippen molar-refractivity contribution in [1.82, 2.24) is 0 Å². The zero-order chi connectivity index (χ0) is 13.5. The van der Waals surface area contributed by atoms with Gasteiger partial charge in [0.1, 0.15) is 0 Å². The number of hydrogen-bond donors (Lipinski definition) is 1. The van der Waals surface area contributed by atoms with E-state index in [-0.39, 0.29) is 35.7 Å². The molecular formula is C17H35NaO. The van der Waals surface area contributed by atoms with Crippen LogP contribution >= 0.6 is 0 Å². The summed E-state index contributed by atoms with van der Waals surface area (Å²) in [5.41, 5.74) is 0. The summed E-state index contributed by atoms with van der Waals surface area (Å²) in [6.45, 7) is 5.86. The molecule has 0 bridgehead atoms. The van der Waals surface area contributed by atoms with Crippen LogP contribution in [0.2, 0.25) is 0 Å². The summed E-state index contributed by atoms with van der Waals surface area (Å²) in [6.07, 6.45) is 18.5. The van der Waals surface area contributed by atoms with E-state index < -0.39 is 0 Å². The van der Waals surface area contributed by atoms with Crippen molar-refractivity contribution in [1.29, 1.82) is 0 Å². The molecule has 0 fully saturated rings. The van der Waals surface area contributed by atoms with E-state index in [1.165, 1.54) is 77.0 Å². The number of aliphatic hydroxyl groups excluding tert-OH is 1. The van der Waals surface area contributed by atoms with E-state index in [0.29, 0.717) is 0 Å². The molecule has 1 unspecified atom stereocenters. The second-order valence-electron chi connectivity index (χ2n) is 5.69. The number of hydrogen-bond acceptors (Lipinski definition) is 1. The zero-order valence-electron chi connectivity index (χ0n) is 13.6. The third-order valence-corrected chi connectivity index (χ3v) is 3.64. The SMILES string of the molecule is [CH2-]C(O)CCCCCCCCCCCCCCC.[Na+]. The Labute approximate surface area is 144 Å². The zero-order valence-corrected chi connectivity index (χ0v) is 15.6. The topological polar surface area (TPSA) is 20.2 Å². The predicted octanol–water partition coefficient (Wildman–Crippen LogP) is 2.67. The van der Waals surface area contributed by atoms with Crippen LogP contribution in [0.3, 0.4) is 0 Å². The maximum absolute atomic E-state index is 9.02. The van der Waals surface area contributed by atoms with Crippen molar-refractivity contribution in [2.75, 3.05) is 0 Å². The fourth-order valence-corrected chi connectivity index (χ4v) is 2.40. The maximum atomic E-state index is 9.02.